The fourth-order valence-corrected chi connectivity index (χ4v) is 11.5. The second kappa shape index (κ2) is 14.8. The molecular weight excluding hydrogens is 530 g/mol. The minimum absolute atomic E-state index is 0.0459. The molecule has 6 nitrogen and oxygen atoms in total. The van der Waals surface area contributed by atoms with Crippen LogP contribution in [0.25, 0.3) is 0 Å². The quantitative estimate of drug-likeness (QED) is 0.224. The molecule has 1 amide bonds. The van der Waals surface area contributed by atoms with Gasteiger partial charge in [-0.1, -0.05) is 94.8 Å². The van der Waals surface area contributed by atoms with Gasteiger partial charge in [0.1, 0.15) is 0 Å². The van der Waals surface area contributed by atoms with Crippen LogP contribution in [0.1, 0.15) is 79.1 Å². The van der Waals surface area contributed by atoms with Crippen LogP contribution in [0, 0.1) is 5.92 Å². The molecule has 2 aromatic rings. The SMILES string of the molecule is CC[C@@H]1CC[C@H](CCCOC2CCCCO2)N(C(=O)OC)[C@@H]1CO[Si](c1ccccc1)(c1ccccc1)C(C)(C)C. The predicted molar refractivity (Wildman–Crippen MR) is 167 cm³/mol. The Morgan fingerprint density at radius 1 is 0.976 bits per heavy atom. The molecule has 0 radical (unpaired) electrons. The van der Waals surface area contributed by atoms with Gasteiger partial charge in [0.2, 0.25) is 0 Å². The lowest BCUT2D eigenvalue weighted by Gasteiger charge is -2.49. The molecule has 7 heteroatoms. The van der Waals surface area contributed by atoms with Gasteiger partial charge in [0.05, 0.1) is 19.8 Å². The van der Waals surface area contributed by atoms with E-state index in [-0.39, 0.29) is 29.5 Å². The number of hydrogen-bond acceptors (Lipinski definition) is 5. The largest absolute Gasteiger partial charge is 0.453 e. The second-order valence-corrected chi connectivity index (χ2v) is 16.9. The molecule has 4 atom stereocenters. The highest BCUT2D eigenvalue weighted by atomic mass is 28.4. The molecule has 0 aromatic heterocycles. The summed E-state index contributed by atoms with van der Waals surface area (Å²) in [5.41, 5.74) is 0. The standard InChI is InChI=1S/C34H51NO5Si/c1-6-27-22-23-28(16-15-25-39-32-21-13-14-24-38-32)35(33(36)37-5)31(27)26-40-41(34(2,3)4,29-17-9-7-10-18-29)30-19-11-8-12-20-30/h7-12,17-20,27-28,31-32H,6,13-16,21-26H2,1-5H3/t27-,28+,31-,32?/m1/s1. The van der Waals surface area contributed by atoms with Gasteiger partial charge in [-0.3, -0.25) is 4.90 Å². The summed E-state index contributed by atoms with van der Waals surface area (Å²) in [4.78, 5) is 15.4. The van der Waals surface area contributed by atoms with E-state index in [4.69, 9.17) is 18.6 Å². The molecule has 0 saturated carbocycles. The molecule has 0 bridgehead atoms. The highest BCUT2D eigenvalue weighted by molar-refractivity contribution is 6.99. The second-order valence-electron chi connectivity index (χ2n) is 12.6. The van der Waals surface area contributed by atoms with Crippen molar-refractivity contribution in [2.24, 2.45) is 5.92 Å². The monoisotopic (exact) mass is 581 g/mol. The normalized spacial score (nSPS) is 23.8. The molecule has 0 spiro atoms. The van der Waals surface area contributed by atoms with Gasteiger partial charge in [-0.2, -0.15) is 0 Å². The van der Waals surface area contributed by atoms with Crippen molar-refractivity contribution >= 4 is 24.8 Å². The van der Waals surface area contributed by atoms with Crippen molar-refractivity contribution in [1.82, 2.24) is 4.90 Å². The van der Waals surface area contributed by atoms with Crippen LogP contribution in [-0.4, -0.2) is 64.6 Å². The molecule has 226 valence electrons. The van der Waals surface area contributed by atoms with Gasteiger partial charge in [-0.05, 0) is 66.3 Å². The third kappa shape index (κ3) is 7.42. The van der Waals surface area contributed by atoms with Crippen LogP contribution in [0.15, 0.2) is 60.7 Å². The topological polar surface area (TPSA) is 57.2 Å². The van der Waals surface area contributed by atoms with Crippen molar-refractivity contribution in [3.8, 4) is 0 Å². The molecule has 2 aliphatic rings. The molecule has 2 heterocycles. The van der Waals surface area contributed by atoms with Crippen LogP contribution >= 0.6 is 0 Å². The zero-order valence-corrected chi connectivity index (χ0v) is 26.8. The van der Waals surface area contributed by atoms with Gasteiger partial charge in [0, 0.05) is 19.3 Å². The van der Waals surface area contributed by atoms with E-state index in [2.05, 4.69) is 88.4 Å². The number of ether oxygens (including phenoxy) is 3. The minimum Gasteiger partial charge on any atom is -0.453 e. The van der Waals surface area contributed by atoms with Crippen molar-refractivity contribution in [2.75, 3.05) is 26.9 Å². The zero-order valence-electron chi connectivity index (χ0n) is 25.8. The number of carbonyl (C=O) groups is 1. The van der Waals surface area contributed by atoms with Crippen LogP contribution in [0.2, 0.25) is 5.04 Å². The predicted octanol–water partition coefficient (Wildman–Crippen LogP) is 6.51. The molecule has 1 unspecified atom stereocenters. The molecule has 2 fully saturated rings. The highest BCUT2D eigenvalue weighted by Gasteiger charge is 2.51. The van der Waals surface area contributed by atoms with Gasteiger partial charge in [0.25, 0.3) is 8.32 Å². The summed E-state index contributed by atoms with van der Waals surface area (Å²) in [6, 6.07) is 21.5. The van der Waals surface area contributed by atoms with Crippen molar-refractivity contribution in [3.05, 3.63) is 60.7 Å². The molecule has 2 aliphatic heterocycles. The lowest BCUT2D eigenvalue weighted by molar-refractivity contribution is -0.163. The minimum atomic E-state index is -2.74. The van der Waals surface area contributed by atoms with Crippen molar-refractivity contribution in [2.45, 2.75) is 102 Å². The smallest absolute Gasteiger partial charge is 0.410 e. The first kappa shape index (κ1) is 31.7. The average Bonchev–Trinajstić information content (AvgIpc) is 3.00. The fraction of sp³-hybridized carbons (Fsp3) is 0.618. The van der Waals surface area contributed by atoms with Crippen LogP contribution in [0.5, 0.6) is 0 Å². The highest BCUT2D eigenvalue weighted by Crippen LogP contribution is 2.39. The van der Waals surface area contributed by atoms with E-state index in [1.807, 2.05) is 4.90 Å². The Hall–Kier alpha value is -2.19. The Bertz CT molecular complexity index is 1010. The summed E-state index contributed by atoms with van der Waals surface area (Å²) in [7, 11) is -1.24. The maximum Gasteiger partial charge on any atom is 0.410 e. The Labute approximate surface area is 248 Å². The summed E-state index contributed by atoms with van der Waals surface area (Å²) in [6.45, 7) is 11.1. The summed E-state index contributed by atoms with van der Waals surface area (Å²) >= 11 is 0. The van der Waals surface area contributed by atoms with Crippen molar-refractivity contribution in [1.29, 1.82) is 0 Å². The molecule has 0 N–H and O–H groups in total. The molecule has 4 rings (SSSR count). The number of likely N-dealkylation sites (tertiary alicyclic amines) is 1. The first-order chi connectivity index (χ1) is 19.8. The number of carbonyl (C=O) groups excluding carboxylic acids is 1. The zero-order chi connectivity index (χ0) is 29.3. The third-order valence-electron chi connectivity index (χ3n) is 9.09. The van der Waals surface area contributed by atoms with Crippen molar-refractivity contribution in [3.63, 3.8) is 0 Å². The van der Waals surface area contributed by atoms with E-state index in [9.17, 15) is 4.79 Å². The maximum atomic E-state index is 13.4. The van der Waals surface area contributed by atoms with E-state index in [0.29, 0.717) is 19.1 Å². The summed E-state index contributed by atoms with van der Waals surface area (Å²) in [6.07, 6.45) is 7.74. The van der Waals surface area contributed by atoms with Crippen molar-refractivity contribution < 1.29 is 23.4 Å². The van der Waals surface area contributed by atoms with E-state index in [1.54, 1.807) is 0 Å². The Kier molecular flexibility index (Phi) is 11.5. The molecule has 2 aromatic carbocycles. The number of nitrogens with zero attached hydrogens (tertiary/aromatic N) is 1. The lowest BCUT2D eigenvalue weighted by atomic mass is 9.83. The Balaban J connectivity index is 1.58. The maximum absolute atomic E-state index is 13.4. The Morgan fingerprint density at radius 2 is 1.63 bits per heavy atom. The van der Waals surface area contributed by atoms with Gasteiger partial charge in [-0.25, -0.2) is 4.79 Å². The molecule has 0 aliphatic carbocycles. The van der Waals surface area contributed by atoms with Gasteiger partial charge < -0.3 is 18.6 Å². The fourth-order valence-electron chi connectivity index (χ4n) is 6.95. The molecule has 2 saturated heterocycles. The number of amides is 1. The first-order valence-corrected chi connectivity index (χ1v) is 17.6. The van der Waals surface area contributed by atoms with Gasteiger partial charge in [0.15, 0.2) is 6.29 Å². The average molecular weight is 582 g/mol. The number of benzene rings is 2. The summed E-state index contributed by atoms with van der Waals surface area (Å²) in [5.74, 6) is 0.357. The Morgan fingerprint density at radius 3 is 2.17 bits per heavy atom. The number of rotatable bonds is 11. The van der Waals surface area contributed by atoms with E-state index in [1.165, 1.54) is 17.5 Å². The summed E-state index contributed by atoms with van der Waals surface area (Å²) < 4.78 is 24.5. The van der Waals surface area contributed by atoms with Crippen LogP contribution in [0.4, 0.5) is 4.79 Å². The summed E-state index contributed by atoms with van der Waals surface area (Å²) in [5, 5.41) is 2.39. The van der Waals surface area contributed by atoms with E-state index < -0.39 is 8.32 Å². The first-order valence-electron chi connectivity index (χ1n) is 15.7. The van der Waals surface area contributed by atoms with E-state index >= 15 is 0 Å². The van der Waals surface area contributed by atoms with Crippen LogP contribution in [0.3, 0.4) is 0 Å². The number of hydrogen-bond donors (Lipinski definition) is 0. The van der Waals surface area contributed by atoms with Crippen LogP contribution in [-0.2, 0) is 18.6 Å². The number of methoxy groups -OCH3 is 1. The van der Waals surface area contributed by atoms with Crippen LogP contribution < -0.4 is 10.4 Å². The van der Waals surface area contributed by atoms with E-state index in [0.717, 1.165) is 58.0 Å². The third-order valence-corrected chi connectivity index (χ3v) is 14.1. The number of piperidine rings is 1. The van der Waals surface area contributed by atoms with Gasteiger partial charge >= 0.3 is 6.09 Å². The molecular formula is C34H51NO5Si. The molecule has 41 heavy (non-hydrogen) atoms. The lowest BCUT2D eigenvalue weighted by Crippen LogP contribution is -2.68. The van der Waals surface area contributed by atoms with Gasteiger partial charge in [-0.15, -0.1) is 0 Å².